The molecule has 1 aliphatic heterocycles. The second-order valence-corrected chi connectivity index (χ2v) is 8.56. The molecule has 4 rings (SSSR count). The molecular formula is C26H24FNO5. The summed E-state index contributed by atoms with van der Waals surface area (Å²) in [6.07, 6.45) is 0. The zero-order valence-electron chi connectivity index (χ0n) is 18.6. The Balaban J connectivity index is 1.49. The maximum absolute atomic E-state index is 14.3. The molecule has 0 bridgehead atoms. The van der Waals surface area contributed by atoms with Gasteiger partial charge in [0.05, 0.1) is 0 Å². The number of aryl methyl sites for hydroxylation is 1. The number of benzene rings is 3. The molecule has 0 unspecified atom stereocenters. The van der Waals surface area contributed by atoms with E-state index >= 15 is 0 Å². The minimum atomic E-state index is -1.38. The van der Waals surface area contributed by atoms with E-state index in [0.29, 0.717) is 40.5 Å². The number of halogens is 1. The third-order valence-electron chi connectivity index (χ3n) is 5.46. The fraction of sp³-hybridized carbons (Fsp3) is 0.231. The molecule has 170 valence electrons. The molecule has 1 heterocycles. The van der Waals surface area contributed by atoms with Gasteiger partial charge in [-0.15, -0.1) is 0 Å². The Labute approximate surface area is 191 Å². The van der Waals surface area contributed by atoms with Crippen molar-refractivity contribution < 1.29 is 28.6 Å². The number of carbonyl (C=O) groups excluding carboxylic acids is 1. The van der Waals surface area contributed by atoms with E-state index in [2.05, 4.69) is 0 Å². The summed E-state index contributed by atoms with van der Waals surface area (Å²) in [7, 11) is 0. The number of rotatable bonds is 7. The van der Waals surface area contributed by atoms with Crippen LogP contribution >= 0.6 is 0 Å². The number of nitrogens with zero attached hydrogens (tertiary/aromatic N) is 1. The number of carboxylic acid groups (broad SMARTS) is 1. The van der Waals surface area contributed by atoms with Gasteiger partial charge in [-0.1, -0.05) is 18.2 Å². The van der Waals surface area contributed by atoms with Crippen LogP contribution in [0.25, 0.3) is 0 Å². The van der Waals surface area contributed by atoms with Gasteiger partial charge in [-0.25, -0.2) is 9.18 Å². The van der Waals surface area contributed by atoms with E-state index in [-0.39, 0.29) is 12.5 Å². The van der Waals surface area contributed by atoms with Crippen LogP contribution < -0.4 is 9.47 Å². The molecule has 3 aromatic rings. The average Bonchev–Trinajstić information content (AvgIpc) is 3.05. The van der Waals surface area contributed by atoms with Crippen molar-refractivity contribution in [2.24, 2.45) is 0 Å². The number of carbonyl (C=O) groups is 2. The number of hydrogen-bond acceptors (Lipinski definition) is 4. The van der Waals surface area contributed by atoms with E-state index in [1.807, 2.05) is 18.2 Å². The predicted octanol–water partition coefficient (Wildman–Crippen LogP) is 5.32. The highest BCUT2D eigenvalue weighted by Crippen LogP contribution is 2.31. The first kappa shape index (κ1) is 22.3. The third-order valence-corrected chi connectivity index (χ3v) is 5.46. The SMILES string of the molecule is Cc1cc(Oc2cc(F)cc(CN3Cc4ccccc4C3=O)c2)ccc1OC(C)(C)C(=O)O. The standard InChI is InChI=1S/C26H24FNO5/c1-16-10-20(8-9-23(16)33-26(2,3)25(30)31)32-21-12-17(11-19(27)13-21)14-28-15-18-6-4-5-7-22(18)24(28)29/h4-13H,14-15H2,1-3H3,(H,30,31). The van der Waals surface area contributed by atoms with E-state index in [9.17, 15) is 19.1 Å². The first-order chi connectivity index (χ1) is 15.6. The molecule has 0 saturated carbocycles. The molecule has 0 saturated heterocycles. The van der Waals surface area contributed by atoms with Crippen molar-refractivity contribution in [3.63, 3.8) is 0 Å². The minimum Gasteiger partial charge on any atom is -0.478 e. The number of amides is 1. The molecule has 1 amide bonds. The molecule has 33 heavy (non-hydrogen) atoms. The van der Waals surface area contributed by atoms with E-state index in [4.69, 9.17) is 9.47 Å². The zero-order chi connectivity index (χ0) is 23.8. The van der Waals surface area contributed by atoms with Crippen molar-refractivity contribution >= 4 is 11.9 Å². The first-order valence-electron chi connectivity index (χ1n) is 10.5. The quantitative estimate of drug-likeness (QED) is 0.528. The second kappa shape index (κ2) is 8.58. The number of aliphatic carboxylic acids is 1. The van der Waals surface area contributed by atoms with Crippen molar-refractivity contribution in [3.8, 4) is 17.2 Å². The second-order valence-electron chi connectivity index (χ2n) is 8.56. The molecular weight excluding hydrogens is 425 g/mol. The van der Waals surface area contributed by atoms with Crippen molar-refractivity contribution in [3.05, 3.63) is 88.7 Å². The highest BCUT2D eigenvalue weighted by molar-refractivity contribution is 5.98. The van der Waals surface area contributed by atoms with E-state index in [1.54, 1.807) is 42.2 Å². The summed E-state index contributed by atoms with van der Waals surface area (Å²) in [5, 5.41) is 9.25. The fourth-order valence-electron chi connectivity index (χ4n) is 3.69. The van der Waals surface area contributed by atoms with Gasteiger partial charge in [0.15, 0.2) is 5.60 Å². The van der Waals surface area contributed by atoms with Crippen molar-refractivity contribution in [2.75, 3.05) is 0 Å². The van der Waals surface area contributed by atoms with E-state index in [0.717, 1.165) is 5.56 Å². The number of hydrogen-bond donors (Lipinski definition) is 1. The lowest BCUT2D eigenvalue weighted by Gasteiger charge is -2.23. The van der Waals surface area contributed by atoms with Crippen LogP contribution in [-0.4, -0.2) is 27.5 Å². The van der Waals surface area contributed by atoms with Gasteiger partial charge in [0.1, 0.15) is 23.1 Å². The van der Waals surface area contributed by atoms with Crippen LogP contribution in [0.1, 0.15) is 40.9 Å². The van der Waals surface area contributed by atoms with Crippen LogP contribution in [0.5, 0.6) is 17.2 Å². The Hall–Kier alpha value is -3.87. The van der Waals surface area contributed by atoms with Crippen LogP contribution in [0.4, 0.5) is 4.39 Å². The first-order valence-corrected chi connectivity index (χ1v) is 10.5. The van der Waals surface area contributed by atoms with Crippen LogP contribution in [0.2, 0.25) is 0 Å². The lowest BCUT2D eigenvalue weighted by Crippen LogP contribution is -2.38. The number of carboxylic acids is 1. The van der Waals surface area contributed by atoms with Gasteiger partial charge in [-0.05, 0) is 73.9 Å². The Morgan fingerprint density at radius 2 is 1.85 bits per heavy atom. The topological polar surface area (TPSA) is 76.1 Å². The van der Waals surface area contributed by atoms with Gasteiger partial charge >= 0.3 is 5.97 Å². The Kier molecular flexibility index (Phi) is 5.80. The molecule has 7 heteroatoms. The molecule has 1 aliphatic rings. The Morgan fingerprint density at radius 3 is 2.55 bits per heavy atom. The Bertz CT molecular complexity index is 1240. The molecule has 0 radical (unpaired) electrons. The van der Waals surface area contributed by atoms with Crippen molar-refractivity contribution in [1.82, 2.24) is 4.90 Å². The summed E-state index contributed by atoms with van der Waals surface area (Å²) in [6.45, 7) is 5.45. The summed E-state index contributed by atoms with van der Waals surface area (Å²) in [4.78, 5) is 25.6. The van der Waals surface area contributed by atoms with Crippen LogP contribution in [-0.2, 0) is 17.9 Å². The van der Waals surface area contributed by atoms with Gasteiger partial charge in [0.25, 0.3) is 5.91 Å². The lowest BCUT2D eigenvalue weighted by molar-refractivity contribution is -0.152. The number of ether oxygens (including phenoxy) is 2. The largest absolute Gasteiger partial charge is 0.478 e. The molecule has 0 spiro atoms. The highest BCUT2D eigenvalue weighted by atomic mass is 19.1. The summed E-state index contributed by atoms with van der Waals surface area (Å²) in [5.41, 5.74) is 1.55. The molecule has 0 atom stereocenters. The van der Waals surface area contributed by atoms with Gasteiger partial charge < -0.3 is 19.5 Å². The van der Waals surface area contributed by atoms with Gasteiger partial charge in [-0.2, -0.15) is 0 Å². The van der Waals surface area contributed by atoms with Gasteiger partial charge in [-0.3, -0.25) is 4.79 Å². The predicted molar refractivity (Wildman–Crippen MR) is 120 cm³/mol. The molecule has 0 fully saturated rings. The minimum absolute atomic E-state index is 0.0761. The van der Waals surface area contributed by atoms with E-state index < -0.39 is 17.4 Å². The van der Waals surface area contributed by atoms with Gasteiger partial charge in [0.2, 0.25) is 0 Å². The number of fused-ring (bicyclic) bond motifs is 1. The maximum atomic E-state index is 14.3. The fourth-order valence-corrected chi connectivity index (χ4v) is 3.69. The summed E-state index contributed by atoms with van der Waals surface area (Å²) in [5.74, 6) is -0.447. The van der Waals surface area contributed by atoms with Crippen molar-refractivity contribution in [2.45, 2.75) is 39.5 Å². The lowest BCUT2D eigenvalue weighted by atomic mass is 10.1. The monoisotopic (exact) mass is 449 g/mol. The molecule has 6 nitrogen and oxygen atoms in total. The summed E-state index contributed by atoms with van der Waals surface area (Å²) < 4.78 is 25.8. The van der Waals surface area contributed by atoms with E-state index in [1.165, 1.54) is 26.0 Å². The average molecular weight is 449 g/mol. The smallest absolute Gasteiger partial charge is 0.347 e. The zero-order valence-corrected chi connectivity index (χ0v) is 18.6. The normalized spacial score (nSPS) is 13.1. The third kappa shape index (κ3) is 4.82. The van der Waals surface area contributed by atoms with Gasteiger partial charge in [0, 0.05) is 24.7 Å². The molecule has 1 N–H and O–H groups in total. The molecule has 0 aliphatic carbocycles. The van der Waals surface area contributed by atoms with Crippen molar-refractivity contribution in [1.29, 1.82) is 0 Å². The maximum Gasteiger partial charge on any atom is 0.347 e. The van der Waals surface area contributed by atoms with Crippen LogP contribution in [0.15, 0.2) is 60.7 Å². The summed E-state index contributed by atoms with van der Waals surface area (Å²) in [6, 6.07) is 16.7. The van der Waals surface area contributed by atoms with Crippen LogP contribution in [0.3, 0.4) is 0 Å². The highest BCUT2D eigenvalue weighted by Gasteiger charge is 2.30. The van der Waals surface area contributed by atoms with Crippen LogP contribution in [0, 0.1) is 12.7 Å². The molecule has 0 aromatic heterocycles. The summed E-state index contributed by atoms with van der Waals surface area (Å²) >= 11 is 0. The molecule has 3 aromatic carbocycles. The Morgan fingerprint density at radius 1 is 1.09 bits per heavy atom.